The molecule has 0 bridgehead atoms. The van der Waals surface area contributed by atoms with Crippen molar-refractivity contribution >= 4 is 18.6 Å². The van der Waals surface area contributed by atoms with Gasteiger partial charge in [-0.05, 0) is 26.9 Å². The van der Waals surface area contributed by atoms with Gasteiger partial charge in [0.1, 0.15) is 6.79 Å². The van der Waals surface area contributed by atoms with E-state index in [1.165, 1.54) is 0 Å². The third-order valence-corrected chi connectivity index (χ3v) is 4.22. The first-order valence-corrected chi connectivity index (χ1v) is 8.86. The molecule has 0 aromatic rings. The molecule has 0 aliphatic rings. The molecule has 0 N–H and O–H groups in total. The Morgan fingerprint density at radius 2 is 1.15 bits per heavy atom. The van der Waals surface area contributed by atoms with Crippen molar-refractivity contribution in [3.05, 3.63) is 0 Å². The van der Waals surface area contributed by atoms with Gasteiger partial charge in [-0.25, -0.2) is 0 Å². The molecule has 0 rings (SSSR count). The van der Waals surface area contributed by atoms with Gasteiger partial charge in [-0.3, -0.25) is 0 Å². The molecule has 0 spiro atoms. The normalized spacial score (nSPS) is 15.7. The summed E-state index contributed by atoms with van der Waals surface area (Å²) in [7, 11) is -2.88. The Balaban J connectivity index is 3.23. The zero-order valence-corrected chi connectivity index (χ0v) is 11.2. The molecular formula is C7H20O4Si2. The summed E-state index contributed by atoms with van der Waals surface area (Å²) in [6.45, 7) is 9.65. The molecule has 0 fully saturated rings. The fourth-order valence-corrected chi connectivity index (χ4v) is 2.63. The molecule has 0 saturated heterocycles. The Hall–Kier alpha value is 0.274. The molecule has 0 aliphatic heterocycles. The Bertz CT molecular complexity index is 103. The lowest BCUT2D eigenvalue weighted by atomic mass is 10.9. The van der Waals surface area contributed by atoms with Crippen LogP contribution in [0.5, 0.6) is 0 Å². The van der Waals surface area contributed by atoms with Gasteiger partial charge < -0.3 is 17.7 Å². The van der Waals surface area contributed by atoms with Crippen LogP contribution < -0.4 is 0 Å². The topological polar surface area (TPSA) is 36.9 Å². The van der Waals surface area contributed by atoms with Crippen molar-refractivity contribution < 1.29 is 17.7 Å². The highest BCUT2D eigenvalue weighted by Gasteiger charge is 2.07. The van der Waals surface area contributed by atoms with E-state index in [0.29, 0.717) is 20.0 Å². The summed E-state index contributed by atoms with van der Waals surface area (Å²) >= 11 is 0. The second-order valence-electron chi connectivity index (χ2n) is 2.50. The lowest BCUT2D eigenvalue weighted by molar-refractivity contribution is 0.0647. The molecule has 0 amide bonds. The largest absolute Gasteiger partial charge is 0.397 e. The molecule has 0 saturated carbocycles. The molecule has 0 aromatic heterocycles. The third-order valence-electron chi connectivity index (χ3n) is 1.41. The molecule has 6 heteroatoms. The molecule has 0 aliphatic carbocycles. The summed E-state index contributed by atoms with van der Waals surface area (Å²) in [5, 5.41) is 0. The van der Waals surface area contributed by atoms with Crippen molar-refractivity contribution in [3.63, 3.8) is 0 Å². The zero-order chi connectivity index (χ0) is 10.1. The van der Waals surface area contributed by atoms with Crippen molar-refractivity contribution in [2.75, 3.05) is 20.0 Å². The van der Waals surface area contributed by atoms with E-state index in [1.807, 2.05) is 26.9 Å². The van der Waals surface area contributed by atoms with Gasteiger partial charge in [-0.1, -0.05) is 0 Å². The van der Waals surface area contributed by atoms with Crippen molar-refractivity contribution in [1.29, 1.82) is 0 Å². The summed E-state index contributed by atoms with van der Waals surface area (Å²) in [5.41, 5.74) is 0. The minimum absolute atomic E-state index is 0.320. The van der Waals surface area contributed by atoms with Crippen LogP contribution in [0.2, 0.25) is 13.1 Å². The highest BCUT2D eigenvalue weighted by molar-refractivity contribution is 6.43. The van der Waals surface area contributed by atoms with Crippen LogP contribution in [0.25, 0.3) is 0 Å². The Morgan fingerprint density at radius 1 is 0.769 bits per heavy atom. The average molecular weight is 224 g/mol. The number of hydrogen-bond acceptors (Lipinski definition) is 4. The van der Waals surface area contributed by atoms with Crippen LogP contribution in [0.1, 0.15) is 13.8 Å². The number of rotatable bonds is 8. The summed E-state index contributed by atoms with van der Waals surface area (Å²) in [4.78, 5) is 0. The first-order chi connectivity index (χ1) is 6.20. The van der Waals surface area contributed by atoms with Gasteiger partial charge in [0.05, 0.1) is 0 Å². The summed E-state index contributed by atoms with van der Waals surface area (Å²) in [6, 6.07) is 0. The van der Waals surface area contributed by atoms with E-state index < -0.39 is 18.6 Å². The lowest BCUT2D eigenvalue weighted by Crippen LogP contribution is -2.25. The van der Waals surface area contributed by atoms with Gasteiger partial charge >= 0.3 is 18.6 Å². The zero-order valence-electron chi connectivity index (χ0n) is 8.91. The van der Waals surface area contributed by atoms with Crippen LogP contribution in [0, 0.1) is 0 Å². The maximum atomic E-state index is 5.35. The van der Waals surface area contributed by atoms with Gasteiger partial charge in [-0.2, -0.15) is 0 Å². The van der Waals surface area contributed by atoms with E-state index >= 15 is 0 Å². The Morgan fingerprint density at radius 3 is 1.46 bits per heavy atom. The fraction of sp³-hybridized carbons (Fsp3) is 1.00. The minimum Gasteiger partial charge on any atom is -0.397 e. The molecule has 2 unspecified atom stereocenters. The highest BCUT2D eigenvalue weighted by atomic mass is 28.3. The van der Waals surface area contributed by atoms with Gasteiger partial charge in [-0.15, -0.1) is 0 Å². The lowest BCUT2D eigenvalue weighted by Gasteiger charge is -2.14. The van der Waals surface area contributed by atoms with Crippen molar-refractivity contribution in [2.45, 2.75) is 26.9 Å². The second kappa shape index (κ2) is 8.85. The van der Waals surface area contributed by atoms with Gasteiger partial charge in [0.15, 0.2) is 0 Å². The SMILES string of the molecule is CCO[SiH](C)OCO[SiH](C)OCC. The van der Waals surface area contributed by atoms with Gasteiger partial charge in [0.2, 0.25) is 0 Å². The first kappa shape index (κ1) is 13.3. The van der Waals surface area contributed by atoms with Crippen LogP contribution in [-0.4, -0.2) is 38.6 Å². The van der Waals surface area contributed by atoms with E-state index in [4.69, 9.17) is 17.7 Å². The molecule has 4 nitrogen and oxygen atoms in total. The molecule has 0 heterocycles. The smallest absolute Gasteiger partial charge is 0.319 e. The number of hydrogen-bond donors (Lipinski definition) is 0. The van der Waals surface area contributed by atoms with E-state index in [9.17, 15) is 0 Å². The molecule has 13 heavy (non-hydrogen) atoms. The summed E-state index contributed by atoms with van der Waals surface area (Å²) < 4.78 is 21.3. The van der Waals surface area contributed by atoms with E-state index in [-0.39, 0.29) is 0 Å². The molecule has 0 radical (unpaired) electrons. The average Bonchev–Trinajstić information content (AvgIpc) is 2.05. The van der Waals surface area contributed by atoms with Crippen LogP contribution in [-0.2, 0) is 17.7 Å². The third kappa shape index (κ3) is 8.60. The van der Waals surface area contributed by atoms with Crippen LogP contribution >= 0.6 is 0 Å². The Kier molecular flexibility index (Phi) is 9.04. The quantitative estimate of drug-likeness (QED) is 0.450. The van der Waals surface area contributed by atoms with Crippen LogP contribution in [0.15, 0.2) is 0 Å². The molecule has 80 valence electrons. The van der Waals surface area contributed by atoms with Crippen molar-refractivity contribution in [2.24, 2.45) is 0 Å². The molecule has 0 aromatic carbocycles. The van der Waals surface area contributed by atoms with Crippen molar-refractivity contribution in [3.8, 4) is 0 Å². The van der Waals surface area contributed by atoms with Crippen LogP contribution in [0.4, 0.5) is 0 Å². The van der Waals surface area contributed by atoms with E-state index in [0.717, 1.165) is 0 Å². The molecule has 2 atom stereocenters. The first-order valence-electron chi connectivity index (χ1n) is 4.67. The van der Waals surface area contributed by atoms with Gasteiger partial charge in [0, 0.05) is 13.2 Å². The maximum Gasteiger partial charge on any atom is 0.319 e. The van der Waals surface area contributed by atoms with Gasteiger partial charge in [0.25, 0.3) is 0 Å². The predicted molar refractivity (Wildman–Crippen MR) is 56.3 cm³/mol. The highest BCUT2D eigenvalue weighted by Crippen LogP contribution is 1.92. The standard InChI is InChI=1S/C7H20O4Si2/c1-5-8-12(3)10-7-11-13(4)9-6-2/h12-13H,5-7H2,1-4H3. The van der Waals surface area contributed by atoms with E-state index in [2.05, 4.69) is 0 Å². The maximum absolute atomic E-state index is 5.35. The second-order valence-corrected chi connectivity index (χ2v) is 6.10. The Labute approximate surface area is 83.8 Å². The fourth-order valence-electron chi connectivity index (χ4n) is 0.797. The molecular weight excluding hydrogens is 204 g/mol. The monoisotopic (exact) mass is 224 g/mol. The summed E-state index contributed by atoms with van der Waals surface area (Å²) in [6.07, 6.45) is 0. The van der Waals surface area contributed by atoms with Crippen LogP contribution in [0.3, 0.4) is 0 Å². The summed E-state index contributed by atoms with van der Waals surface area (Å²) in [5.74, 6) is 0. The van der Waals surface area contributed by atoms with Crippen molar-refractivity contribution in [1.82, 2.24) is 0 Å². The predicted octanol–water partition coefficient (Wildman–Crippen LogP) is 0.751. The minimum atomic E-state index is -1.44. The van der Waals surface area contributed by atoms with E-state index in [1.54, 1.807) is 0 Å².